The maximum Gasteiger partial charge on any atom is 0.286 e. The summed E-state index contributed by atoms with van der Waals surface area (Å²) in [6.07, 6.45) is 1.28. The fourth-order valence-corrected chi connectivity index (χ4v) is 6.57. The number of nitrogens with one attached hydrogen (secondary N) is 1. The van der Waals surface area contributed by atoms with Crippen molar-refractivity contribution in [3.05, 3.63) is 57.5 Å². The summed E-state index contributed by atoms with van der Waals surface area (Å²) in [5.41, 5.74) is 0.530. The molecule has 12 heteroatoms. The molecule has 166 valence electrons. The predicted octanol–water partition coefficient (Wildman–Crippen LogP) is 3.70. The molecule has 1 fully saturated rings. The molecular weight excluding hydrogens is 476 g/mol. The van der Waals surface area contributed by atoms with Crippen LogP contribution in [0.2, 0.25) is 5.02 Å². The average Bonchev–Trinajstić information content (AvgIpc) is 3.53. The Kier molecular flexibility index (Phi) is 5.49. The van der Waals surface area contributed by atoms with E-state index >= 15 is 0 Å². The molecule has 2 aromatic carbocycles. The van der Waals surface area contributed by atoms with Crippen LogP contribution in [0.4, 0.5) is 5.69 Å². The zero-order valence-electron chi connectivity index (χ0n) is 16.5. The van der Waals surface area contributed by atoms with Crippen molar-refractivity contribution in [2.45, 2.75) is 23.8 Å². The minimum absolute atomic E-state index is 0.127. The number of anilines is 1. The summed E-state index contributed by atoms with van der Waals surface area (Å²) in [5.74, 6) is 0.729. The number of carbonyl (C=O) groups is 1. The molecule has 0 spiro atoms. The summed E-state index contributed by atoms with van der Waals surface area (Å²) in [6.45, 7) is 0.500. The van der Waals surface area contributed by atoms with Crippen LogP contribution in [0.15, 0.2) is 47.4 Å². The number of aromatic nitrogens is 2. The third kappa shape index (κ3) is 3.92. The number of carbonyl (C=O) groups excluding carboxylic acids is 1. The monoisotopic (exact) mass is 492 g/mol. The highest BCUT2D eigenvalue weighted by atomic mass is 35.5. The van der Waals surface area contributed by atoms with Gasteiger partial charge in [0.25, 0.3) is 5.91 Å². The van der Waals surface area contributed by atoms with E-state index in [1.807, 2.05) is 0 Å². The van der Waals surface area contributed by atoms with Crippen LogP contribution < -0.4 is 14.8 Å². The number of hydrogen-bond donors (Lipinski definition) is 1. The Bertz CT molecular complexity index is 1300. The molecule has 1 N–H and O–H groups in total. The highest BCUT2D eigenvalue weighted by Gasteiger charge is 2.38. The van der Waals surface area contributed by atoms with E-state index in [1.54, 1.807) is 30.3 Å². The van der Waals surface area contributed by atoms with Crippen LogP contribution in [0.5, 0.6) is 11.5 Å². The molecule has 3 heterocycles. The molecule has 32 heavy (non-hydrogen) atoms. The number of nitrogens with zero attached hydrogens (tertiary/aromatic N) is 3. The van der Waals surface area contributed by atoms with Gasteiger partial charge in [-0.2, -0.15) is 4.31 Å². The Labute approximate surface area is 193 Å². The van der Waals surface area contributed by atoms with Crippen LogP contribution in [-0.2, 0) is 10.0 Å². The number of ether oxygens (including phenoxy) is 2. The van der Waals surface area contributed by atoms with Gasteiger partial charge in [-0.15, -0.1) is 10.2 Å². The summed E-state index contributed by atoms with van der Waals surface area (Å²) in [7, 11) is -3.76. The molecule has 0 aliphatic carbocycles. The highest BCUT2D eigenvalue weighted by molar-refractivity contribution is 7.89. The van der Waals surface area contributed by atoms with Crippen molar-refractivity contribution in [2.75, 3.05) is 18.7 Å². The van der Waals surface area contributed by atoms with Gasteiger partial charge in [-0.1, -0.05) is 29.0 Å². The molecule has 5 rings (SSSR count). The molecule has 9 nitrogen and oxygen atoms in total. The van der Waals surface area contributed by atoms with Gasteiger partial charge in [0.15, 0.2) is 11.5 Å². The lowest BCUT2D eigenvalue weighted by Gasteiger charge is -2.22. The maximum atomic E-state index is 13.2. The Morgan fingerprint density at radius 2 is 2.00 bits per heavy atom. The average molecular weight is 493 g/mol. The smallest absolute Gasteiger partial charge is 0.286 e. The lowest BCUT2D eigenvalue weighted by Crippen LogP contribution is -2.30. The molecule has 1 aromatic heterocycles. The van der Waals surface area contributed by atoms with Gasteiger partial charge in [-0.05, 0) is 43.2 Å². The molecule has 0 bridgehead atoms. The van der Waals surface area contributed by atoms with Crippen molar-refractivity contribution in [2.24, 2.45) is 0 Å². The van der Waals surface area contributed by atoms with Crippen LogP contribution >= 0.6 is 22.9 Å². The number of sulfonamides is 1. The molecule has 2 aliphatic rings. The quantitative estimate of drug-likeness (QED) is 0.578. The second-order valence-electron chi connectivity index (χ2n) is 7.20. The van der Waals surface area contributed by atoms with Crippen LogP contribution in [0.1, 0.15) is 33.7 Å². The third-order valence-electron chi connectivity index (χ3n) is 5.16. The van der Waals surface area contributed by atoms with Crippen LogP contribution in [0.3, 0.4) is 0 Å². The zero-order chi connectivity index (χ0) is 22.3. The van der Waals surface area contributed by atoms with Crippen molar-refractivity contribution < 1.29 is 22.7 Å². The van der Waals surface area contributed by atoms with Crippen molar-refractivity contribution in [1.82, 2.24) is 14.5 Å². The first-order valence-corrected chi connectivity index (χ1v) is 12.4. The molecule has 3 aromatic rings. The van der Waals surface area contributed by atoms with Crippen molar-refractivity contribution in [3.63, 3.8) is 0 Å². The van der Waals surface area contributed by atoms with Gasteiger partial charge in [0.2, 0.25) is 21.8 Å². The lowest BCUT2D eigenvalue weighted by atomic mass is 10.2. The van der Waals surface area contributed by atoms with Gasteiger partial charge in [0, 0.05) is 23.3 Å². The summed E-state index contributed by atoms with van der Waals surface area (Å²) in [5, 5.41) is 11.8. The van der Waals surface area contributed by atoms with Crippen LogP contribution in [0, 0.1) is 0 Å². The first-order valence-electron chi connectivity index (χ1n) is 9.73. The molecule has 2 aliphatic heterocycles. The van der Waals surface area contributed by atoms with Gasteiger partial charge in [0.1, 0.15) is 5.01 Å². The Balaban J connectivity index is 1.35. The number of amides is 1. The molecular formula is C20H17ClN4O5S2. The summed E-state index contributed by atoms with van der Waals surface area (Å²) >= 11 is 7.06. The maximum absolute atomic E-state index is 13.2. The van der Waals surface area contributed by atoms with E-state index in [4.69, 9.17) is 21.1 Å². The predicted molar refractivity (Wildman–Crippen MR) is 118 cm³/mol. The topological polar surface area (TPSA) is 111 Å². The van der Waals surface area contributed by atoms with Gasteiger partial charge in [0.05, 0.1) is 10.9 Å². The van der Waals surface area contributed by atoms with E-state index < -0.39 is 22.0 Å². The number of fused-ring (bicyclic) bond motifs is 1. The Morgan fingerprint density at radius 1 is 1.16 bits per heavy atom. The second kappa shape index (κ2) is 8.32. The number of hydrogen-bond acceptors (Lipinski definition) is 8. The van der Waals surface area contributed by atoms with Crippen molar-refractivity contribution in [3.8, 4) is 11.5 Å². The van der Waals surface area contributed by atoms with Gasteiger partial charge >= 0.3 is 0 Å². The second-order valence-corrected chi connectivity index (χ2v) is 10.5. The molecule has 0 saturated carbocycles. The Morgan fingerprint density at radius 3 is 2.84 bits per heavy atom. The van der Waals surface area contributed by atoms with E-state index in [0.29, 0.717) is 46.6 Å². The third-order valence-corrected chi connectivity index (χ3v) is 8.32. The minimum Gasteiger partial charge on any atom is -0.454 e. The zero-order valence-corrected chi connectivity index (χ0v) is 18.9. The minimum atomic E-state index is -3.76. The molecule has 0 unspecified atom stereocenters. The van der Waals surface area contributed by atoms with E-state index in [9.17, 15) is 13.2 Å². The van der Waals surface area contributed by atoms with E-state index in [-0.39, 0.29) is 16.7 Å². The van der Waals surface area contributed by atoms with E-state index in [0.717, 1.165) is 11.3 Å². The number of benzene rings is 2. The number of halogens is 1. The molecule has 0 radical (unpaired) electrons. The summed E-state index contributed by atoms with van der Waals surface area (Å²) in [6, 6.07) is 10.8. The first kappa shape index (κ1) is 21.1. The largest absolute Gasteiger partial charge is 0.454 e. The van der Waals surface area contributed by atoms with Crippen LogP contribution in [-0.4, -0.2) is 42.2 Å². The number of rotatable bonds is 5. The Hall–Kier alpha value is -2.73. The highest BCUT2D eigenvalue weighted by Crippen LogP contribution is 2.38. The van der Waals surface area contributed by atoms with E-state index in [1.165, 1.54) is 16.4 Å². The fourth-order valence-electron chi connectivity index (χ4n) is 3.66. The van der Waals surface area contributed by atoms with Crippen molar-refractivity contribution in [1.29, 1.82) is 0 Å². The first-order chi connectivity index (χ1) is 15.4. The fraction of sp³-hybridized carbons (Fsp3) is 0.250. The van der Waals surface area contributed by atoms with Crippen molar-refractivity contribution >= 4 is 44.6 Å². The SMILES string of the molecule is O=C(Nc1ccc2c(c1)OCO2)c1nnc([C@H]2CCCN2S(=O)(=O)c2cccc(Cl)c2)s1. The van der Waals surface area contributed by atoms with Crippen LogP contribution in [0.25, 0.3) is 0 Å². The normalized spacial score (nSPS) is 18.1. The lowest BCUT2D eigenvalue weighted by molar-refractivity contribution is 0.102. The molecule has 1 saturated heterocycles. The summed E-state index contributed by atoms with van der Waals surface area (Å²) < 4.78 is 38.3. The summed E-state index contributed by atoms with van der Waals surface area (Å²) in [4.78, 5) is 12.8. The van der Waals surface area contributed by atoms with Gasteiger partial charge in [-0.25, -0.2) is 8.42 Å². The van der Waals surface area contributed by atoms with Gasteiger partial charge in [-0.3, -0.25) is 4.79 Å². The standard InChI is InChI=1S/C20H17ClN4O5S2/c21-12-3-1-4-14(9-12)32(27,28)25-8-2-5-15(25)19-23-24-20(31-19)18(26)22-13-6-7-16-17(10-13)30-11-29-16/h1,3-4,6-7,9-10,15H,2,5,8,11H2,(H,22,26)/t15-/m1/s1. The molecule has 1 atom stereocenters. The molecule has 1 amide bonds. The van der Waals surface area contributed by atoms with E-state index in [2.05, 4.69) is 15.5 Å². The van der Waals surface area contributed by atoms with Gasteiger partial charge < -0.3 is 14.8 Å².